The van der Waals surface area contributed by atoms with E-state index in [4.69, 9.17) is 0 Å². The molecule has 0 radical (unpaired) electrons. The quantitative estimate of drug-likeness (QED) is 0.596. The molecule has 2 heterocycles. The molecule has 0 amide bonds. The maximum Gasteiger partial charge on any atom is 0.294 e. The first-order chi connectivity index (χ1) is 8.33. The molecule has 7 nitrogen and oxygen atoms in total. The van der Waals surface area contributed by atoms with Gasteiger partial charge in [-0.15, -0.1) is 5.10 Å². The van der Waals surface area contributed by atoms with Crippen LogP contribution in [0.25, 0.3) is 5.78 Å². The predicted molar refractivity (Wildman–Crippen MR) is 56.0 cm³/mol. The van der Waals surface area contributed by atoms with Crippen LogP contribution in [0, 0.1) is 5.82 Å². The fraction of sp³-hybridized carbons (Fsp3) is 0. The van der Waals surface area contributed by atoms with E-state index in [1.807, 2.05) is 0 Å². The average Bonchev–Trinajstić information content (AvgIpc) is 2.91. The topological polar surface area (TPSA) is 73.3 Å². The summed E-state index contributed by atoms with van der Waals surface area (Å²) in [7, 11) is 0. The lowest BCUT2D eigenvalue weighted by atomic mass is 10.2. The second-order valence-electron chi connectivity index (χ2n) is 3.24. The zero-order valence-corrected chi connectivity index (χ0v) is 8.47. The monoisotopic (exact) mass is 231 g/mol. The zero-order chi connectivity index (χ0) is 11.7. The van der Waals surface area contributed by atoms with Crippen LogP contribution >= 0.6 is 0 Å². The summed E-state index contributed by atoms with van der Waals surface area (Å²) in [5.74, 6) is 0.122. The van der Waals surface area contributed by atoms with Crippen LogP contribution in [0.4, 0.5) is 4.39 Å². The SMILES string of the molecule is Fc1ccc(C=Nn2cnn3nnnc23)cc1. The molecule has 17 heavy (non-hydrogen) atoms. The molecule has 0 N–H and O–H groups in total. The molecule has 0 saturated heterocycles. The highest BCUT2D eigenvalue weighted by Gasteiger charge is 2.02. The number of tetrazole rings is 1. The molecule has 3 aromatic rings. The van der Waals surface area contributed by atoms with Crippen LogP contribution in [0.15, 0.2) is 35.7 Å². The summed E-state index contributed by atoms with van der Waals surface area (Å²) in [5, 5.41) is 18.8. The van der Waals surface area contributed by atoms with Gasteiger partial charge in [0.05, 0.1) is 6.21 Å². The molecule has 0 unspecified atom stereocenters. The Bertz CT molecular complexity index is 666. The highest BCUT2D eigenvalue weighted by atomic mass is 19.1. The van der Waals surface area contributed by atoms with Crippen LogP contribution in [0.2, 0.25) is 0 Å². The first-order valence-electron chi connectivity index (χ1n) is 4.74. The van der Waals surface area contributed by atoms with E-state index in [1.54, 1.807) is 18.3 Å². The van der Waals surface area contributed by atoms with Crippen molar-refractivity contribution >= 4 is 12.0 Å². The van der Waals surface area contributed by atoms with E-state index in [9.17, 15) is 4.39 Å². The van der Waals surface area contributed by atoms with Crippen molar-refractivity contribution < 1.29 is 4.39 Å². The number of hydrogen-bond donors (Lipinski definition) is 0. The van der Waals surface area contributed by atoms with Crippen molar-refractivity contribution in [2.45, 2.75) is 0 Å². The number of hydrogen-bond acceptors (Lipinski definition) is 5. The lowest BCUT2D eigenvalue weighted by molar-refractivity contribution is 0.628. The smallest absolute Gasteiger partial charge is 0.207 e. The molecule has 0 bridgehead atoms. The number of nitrogens with zero attached hydrogens (tertiary/aromatic N) is 7. The van der Waals surface area contributed by atoms with Gasteiger partial charge < -0.3 is 0 Å². The van der Waals surface area contributed by atoms with E-state index < -0.39 is 0 Å². The Labute approximate surface area is 94.2 Å². The van der Waals surface area contributed by atoms with Gasteiger partial charge in [0.2, 0.25) is 0 Å². The largest absolute Gasteiger partial charge is 0.294 e. The minimum absolute atomic E-state index is 0.283. The van der Waals surface area contributed by atoms with Gasteiger partial charge in [-0.1, -0.05) is 21.9 Å². The molecule has 84 valence electrons. The number of fused-ring (bicyclic) bond motifs is 1. The number of benzene rings is 1. The molecule has 0 aliphatic heterocycles. The van der Waals surface area contributed by atoms with Crippen molar-refractivity contribution in [2.24, 2.45) is 5.10 Å². The normalized spacial score (nSPS) is 11.6. The molecule has 8 heteroatoms. The Kier molecular flexibility index (Phi) is 2.11. The molecule has 0 saturated carbocycles. The minimum atomic E-state index is -0.283. The first-order valence-corrected chi connectivity index (χ1v) is 4.74. The summed E-state index contributed by atoms with van der Waals surface area (Å²) in [4.78, 5) is 0. The summed E-state index contributed by atoms with van der Waals surface area (Å²) in [5.41, 5.74) is 0.769. The third kappa shape index (κ3) is 1.75. The van der Waals surface area contributed by atoms with Crippen molar-refractivity contribution in [3.8, 4) is 0 Å². The van der Waals surface area contributed by atoms with Gasteiger partial charge in [-0.2, -0.15) is 9.78 Å². The third-order valence-corrected chi connectivity index (χ3v) is 2.11. The fourth-order valence-electron chi connectivity index (χ4n) is 1.30. The summed E-state index contributed by atoms with van der Waals surface area (Å²) >= 11 is 0. The van der Waals surface area contributed by atoms with Gasteiger partial charge in [-0.25, -0.2) is 4.39 Å². The highest BCUT2D eigenvalue weighted by Crippen LogP contribution is 2.01. The Balaban J connectivity index is 1.92. The van der Waals surface area contributed by atoms with Gasteiger partial charge in [0.1, 0.15) is 12.1 Å². The average molecular weight is 231 g/mol. The number of rotatable bonds is 2. The van der Waals surface area contributed by atoms with Crippen molar-refractivity contribution in [1.29, 1.82) is 0 Å². The maximum absolute atomic E-state index is 12.7. The van der Waals surface area contributed by atoms with E-state index in [1.165, 1.54) is 27.8 Å². The molecule has 0 aliphatic carbocycles. The maximum atomic E-state index is 12.7. The van der Waals surface area contributed by atoms with Crippen LogP contribution in [0.5, 0.6) is 0 Å². The lowest BCUT2D eigenvalue weighted by Gasteiger charge is -1.92. The highest BCUT2D eigenvalue weighted by molar-refractivity contribution is 5.79. The van der Waals surface area contributed by atoms with Gasteiger partial charge in [0, 0.05) is 0 Å². The first kappa shape index (κ1) is 9.58. The molecular formula is C9H6FN7. The zero-order valence-electron chi connectivity index (χ0n) is 8.47. The van der Waals surface area contributed by atoms with Gasteiger partial charge in [0.15, 0.2) is 0 Å². The van der Waals surface area contributed by atoms with E-state index in [0.717, 1.165) is 5.56 Å². The molecule has 0 aliphatic rings. The molecule has 0 spiro atoms. The Hall–Kier alpha value is -2.64. The van der Waals surface area contributed by atoms with Crippen LogP contribution < -0.4 is 0 Å². The standard InChI is InChI=1S/C9H6FN7/c10-8-3-1-7(2-4-8)5-11-16-6-12-17-9(16)13-14-15-17/h1-6H. The van der Waals surface area contributed by atoms with Gasteiger partial charge >= 0.3 is 0 Å². The predicted octanol–water partition coefficient (Wildman–Crippen LogP) is 0.342. The Morgan fingerprint density at radius 2 is 2.06 bits per heavy atom. The van der Waals surface area contributed by atoms with Crippen LogP contribution in [-0.2, 0) is 0 Å². The summed E-state index contributed by atoms with van der Waals surface area (Å²) in [6.45, 7) is 0. The summed E-state index contributed by atoms with van der Waals surface area (Å²) in [6.07, 6.45) is 3.02. The van der Waals surface area contributed by atoms with Gasteiger partial charge in [0.25, 0.3) is 5.78 Å². The van der Waals surface area contributed by atoms with E-state index in [-0.39, 0.29) is 5.82 Å². The lowest BCUT2D eigenvalue weighted by Crippen LogP contribution is -1.91. The second-order valence-corrected chi connectivity index (χ2v) is 3.24. The van der Waals surface area contributed by atoms with Crippen molar-refractivity contribution in [3.63, 3.8) is 0 Å². The van der Waals surface area contributed by atoms with Crippen LogP contribution in [0.3, 0.4) is 0 Å². The number of aromatic nitrogens is 6. The van der Waals surface area contributed by atoms with Gasteiger partial charge in [-0.3, -0.25) is 0 Å². The molecule has 2 aromatic heterocycles. The fourth-order valence-corrected chi connectivity index (χ4v) is 1.30. The third-order valence-electron chi connectivity index (χ3n) is 2.11. The van der Waals surface area contributed by atoms with Gasteiger partial charge in [-0.05, 0) is 28.1 Å². The van der Waals surface area contributed by atoms with Crippen molar-refractivity contribution in [2.75, 3.05) is 0 Å². The minimum Gasteiger partial charge on any atom is -0.207 e. The Morgan fingerprint density at radius 3 is 2.88 bits per heavy atom. The summed E-state index contributed by atoms with van der Waals surface area (Å²) in [6, 6.07) is 5.97. The van der Waals surface area contributed by atoms with Crippen LogP contribution in [0.1, 0.15) is 5.56 Å². The molecule has 0 atom stereocenters. The van der Waals surface area contributed by atoms with E-state index in [0.29, 0.717) is 5.78 Å². The van der Waals surface area contributed by atoms with E-state index >= 15 is 0 Å². The van der Waals surface area contributed by atoms with Crippen molar-refractivity contribution in [3.05, 3.63) is 42.0 Å². The molecule has 1 aromatic carbocycles. The van der Waals surface area contributed by atoms with Crippen molar-refractivity contribution in [1.82, 2.24) is 29.9 Å². The van der Waals surface area contributed by atoms with E-state index in [2.05, 4.69) is 25.7 Å². The second kappa shape index (κ2) is 3.74. The molecule has 3 rings (SSSR count). The molecule has 0 fully saturated rings. The number of halogens is 1. The Morgan fingerprint density at radius 1 is 1.24 bits per heavy atom. The van der Waals surface area contributed by atoms with Crippen LogP contribution in [-0.4, -0.2) is 36.1 Å². The molecular weight excluding hydrogens is 225 g/mol. The summed E-state index contributed by atoms with van der Waals surface area (Å²) < 4.78 is 15.3.